The SMILES string of the molecule is Cc1ccc(NC(=O)Cc2c(C)nn(C(F)F)c2C)cc1C(=O)O. The zero-order valence-corrected chi connectivity index (χ0v) is 13.4. The number of benzene rings is 1. The van der Waals surface area contributed by atoms with Crippen LogP contribution in [0, 0.1) is 20.8 Å². The minimum absolute atomic E-state index is 0.0886. The summed E-state index contributed by atoms with van der Waals surface area (Å²) >= 11 is 0. The zero-order valence-electron chi connectivity index (χ0n) is 13.4. The Labute approximate surface area is 137 Å². The Morgan fingerprint density at radius 2 is 1.96 bits per heavy atom. The topological polar surface area (TPSA) is 84.2 Å². The van der Waals surface area contributed by atoms with E-state index in [4.69, 9.17) is 5.11 Å². The van der Waals surface area contributed by atoms with Crippen molar-refractivity contribution in [1.29, 1.82) is 0 Å². The number of carbonyl (C=O) groups excluding carboxylic acids is 1. The summed E-state index contributed by atoms with van der Waals surface area (Å²) < 4.78 is 26.2. The molecule has 8 heteroatoms. The van der Waals surface area contributed by atoms with Gasteiger partial charge in [-0.25, -0.2) is 9.48 Å². The maximum atomic E-state index is 12.8. The average molecular weight is 337 g/mol. The average Bonchev–Trinajstić information content (AvgIpc) is 2.77. The van der Waals surface area contributed by atoms with Crippen LogP contribution in [0.15, 0.2) is 18.2 Å². The lowest BCUT2D eigenvalue weighted by molar-refractivity contribution is -0.115. The Morgan fingerprint density at radius 1 is 1.29 bits per heavy atom. The fourth-order valence-electron chi connectivity index (χ4n) is 2.44. The molecule has 6 nitrogen and oxygen atoms in total. The number of aromatic nitrogens is 2. The Hall–Kier alpha value is -2.77. The highest BCUT2D eigenvalue weighted by molar-refractivity contribution is 5.95. The van der Waals surface area contributed by atoms with E-state index in [9.17, 15) is 18.4 Å². The number of amides is 1. The molecule has 0 aliphatic heterocycles. The van der Waals surface area contributed by atoms with Crippen LogP contribution in [0.4, 0.5) is 14.5 Å². The third kappa shape index (κ3) is 3.58. The van der Waals surface area contributed by atoms with Crippen molar-refractivity contribution < 1.29 is 23.5 Å². The van der Waals surface area contributed by atoms with Crippen molar-refractivity contribution in [2.24, 2.45) is 0 Å². The molecule has 2 aromatic rings. The van der Waals surface area contributed by atoms with Gasteiger partial charge in [0, 0.05) is 16.9 Å². The summed E-state index contributed by atoms with van der Waals surface area (Å²) in [7, 11) is 0. The molecule has 128 valence electrons. The Bertz CT molecular complexity index is 800. The molecule has 2 rings (SSSR count). The van der Waals surface area contributed by atoms with Crippen LogP contribution in [0.3, 0.4) is 0 Å². The van der Waals surface area contributed by atoms with Crippen LogP contribution in [0.1, 0.15) is 39.4 Å². The largest absolute Gasteiger partial charge is 0.478 e. The number of anilines is 1. The Morgan fingerprint density at radius 3 is 2.50 bits per heavy atom. The fourth-order valence-corrected chi connectivity index (χ4v) is 2.44. The van der Waals surface area contributed by atoms with E-state index in [0.717, 1.165) is 0 Å². The molecule has 0 saturated heterocycles. The van der Waals surface area contributed by atoms with Gasteiger partial charge in [-0.2, -0.15) is 13.9 Å². The first-order chi connectivity index (χ1) is 11.2. The number of halogens is 2. The molecule has 1 aromatic heterocycles. The van der Waals surface area contributed by atoms with E-state index in [-0.39, 0.29) is 17.7 Å². The summed E-state index contributed by atoms with van der Waals surface area (Å²) in [5.41, 5.74) is 2.01. The van der Waals surface area contributed by atoms with Crippen molar-refractivity contribution in [3.8, 4) is 0 Å². The van der Waals surface area contributed by atoms with Gasteiger partial charge in [-0.1, -0.05) is 6.07 Å². The Kier molecular flexibility index (Phi) is 4.96. The predicted octanol–water partition coefficient (Wildman–Crippen LogP) is 3.08. The highest BCUT2D eigenvalue weighted by atomic mass is 19.3. The summed E-state index contributed by atoms with van der Waals surface area (Å²) in [6.07, 6.45) is -0.124. The number of carboxylic acids is 1. The van der Waals surface area contributed by atoms with E-state index in [1.165, 1.54) is 13.0 Å². The van der Waals surface area contributed by atoms with Gasteiger partial charge in [0.15, 0.2) is 0 Å². The van der Waals surface area contributed by atoms with Crippen LogP contribution in [-0.4, -0.2) is 26.8 Å². The number of aromatic carboxylic acids is 1. The van der Waals surface area contributed by atoms with E-state index in [1.54, 1.807) is 26.0 Å². The van der Waals surface area contributed by atoms with Crippen LogP contribution >= 0.6 is 0 Å². The first kappa shape index (κ1) is 17.6. The normalized spacial score (nSPS) is 10.9. The van der Waals surface area contributed by atoms with Gasteiger partial charge in [-0.15, -0.1) is 0 Å². The highest BCUT2D eigenvalue weighted by Gasteiger charge is 2.19. The van der Waals surface area contributed by atoms with E-state index < -0.39 is 18.4 Å². The van der Waals surface area contributed by atoms with Gasteiger partial charge in [-0.05, 0) is 38.5 Å². The third-order valence-corrected chi connectivity index (χ3v) is 3.75. The van der Waals surface area contributed by atoms with E-state index in [0.29, 0.717) is 27.2 Å². The zero-order chi connectivity index (χ0) is 18.0. The highest BCUT2D eigenvalue weighted by Crippen LogP contribution is 2.21. The molecule has 0 bridgehead atoms. The summed E-state index contributed by atoms with van der Waals surface area (Å²) in [6.45, 7) is 1.92. The molecule has 24 heavy (non-hydrogen) atoms. The van der Waals surface area contributed by atoms with Crippen molar-refractivity contribution in [2.75, 3.05) is 5.32 Å². The molecular formula is C16H17F2N3O3. The van der Waals surface area contributed by atoms with E-state index in [1.807, 2.05) is 0 Å². The number of alkyl halides is 2. The standard InChI is InChI=1S/C16H17F2N3O3/c1-8-4-5-11(6-12(8)15(23)24)19-14(22)7-13-9(2)20-21(10(13)3)16(17)18/h4-6,16H,7H2,1-3H3,(H,19,22)(H,23,24). The van der Waals surface area contributed by atoms with Crippen LogP contribution in [0.5, 0.6) is 0 Å². The monoisotopic (exact) mass is 337 g/mol. The van der Waals surface area contributed by atoms with Gasteiger partial charge in [-0.3, -0.25) is 4.79 Å². The van der Waals surface area contributed by atoms with Crippen LogP contribution in [0.2, 0.25) is 0 Å². The summed E-state index contributed by atoms with van der Waals surface area (Å²) in [5, 5.41) is 15.4. The molecule has 0 unspecified atom stereocenters. The number of rotatable bonds is 5. The summed E-state index contributed by atoms with van der Waals surface area (Å²) in [5.74, 6) is -1.52. The number of hydrogen-bond acceptors (Lipinski definition) is 3. The second-order valence-corrected chi connectivity index (χ2v) is 5.43. The number of carboxylic acid groups (broad SMARTS) is 1. The minimum Gasteiger partial charge on any atom is -0.478 e. The van der Waals surface area contributed by atoms with Gasteiger partial charge < -0.3 is 10.4 Å². The second kappa shape index (κ2) is 6.77. The van der Waals surface area contributed by atoms with Gasteiger partial charge in [0.1, 0.15) is 0 Å². The molecule has 0 spiro atoms. The molecule has 1 aromatic carbocycles. The number of nitrogens with one attached hydrogen (secondary N) is 1. The molecular weight excluding hydrogens is 320 g/mol. The number of carbonyl (C=O) groups is 2. The molecule has 0 fully saturated rings. The fraction of sp³-hybridized carbons (Fsp3) is 0.312. The lowest BCUT2D eigenvalue weighted by atomic mass is 10.1. The molecule has 0 aliphatic carbocycles. The van der Waals surface area contributed by atoms with Crippen molar-refractivity contribution >= 4 is 17.6 Å². The second-order valence-electron chi connectivity index (χ2n) is 5.43. The Balaban J connectivity index is 2.18. The van der Waals surface area contributed by atoms with Crippen molar-refractivity contribution in [1.82, 2.24) is 9.78 Å². The van der Waals surface area contributed by atoms with Crippen LogP contribution in [-0.2, 0) is 11.2 Å². The number of hydrogen-bond donors (Lipinski definition) is 2. The number of aryl methyl sites for hydroxylation is 2. The molecule has 1 amide bonds. The quantitative estimate of drug-likeness (QED) is 0.878. The van der Waals surface area contributed by atoms with Gasteiger partial charge in [0.2, 0.25) is 5.91 Å². The maximum absolute atomic E-state index is 12.8. The van der Waals surface area contributed by atoms with Gasteiger partial charge in [0.25, 0.3) is 0 Å². The van der Waals surface area contributed by atoms with Crippen molar-refractivity contribution in [2.45, 2.75) is 33.7 Å². The van der Waals surface area contributed by atoms with Gasteiger partial charge >= 0.3 is 12.5 Å². The molecule has 2 N–H and O–H groups in total. The molecule has 1 heterocycles. The van der Waals surface area contributed by atoms with E-state index >= 15 is 0 Å². The molecule has 0 saturated carbocycles. The first-order valence-corrected chi connectivity index (χ1v) is 7.17. The molecule has 0 aliphatic rings. The first-order valence-electron chi connectivity index (χ1n) is 7.17. The smallest absolute Gasteiger partial charge is 0.336 e. The molecule has 0 atom stereocenters. The van der Waals surface area contributed by atoms with Crippen molar-refractivity contribution in [3.63, 3.8) is 0 Å². The third-order valence-electron chi connectivity index (χ3n) is 3.75. The summed E-state index contributed by atoms with van der Waals surface area (Å²) in [6, 6.07) is 4.53. The van der Waals surface area contributed by atoms with Crippen LogP contribution in [0.25, 0.3) is 0 Å². The summed E-state index contributed by atoms with van der Waals surface area (Å²) in [4.78, 5) is 23.3. The predicted molar refractivity (Wildman–Crippen MR) is 83.4 cm³/mol. The minimum atomic E-state index is -2.77. The number of nitrogens with zero attached hydrogens (tertiary/aromatic N) is 2. The lowest BCUT2D eigenvalue weighted by Crippen LogP contribution is -2.16. The lowest BCUT2D eigenvalue weighted by Gasteiger charge is -2.08. The molecule has 0 radical (unpaired) electrons. The van der Waals surface area contributed by atoms with E-state index in [2.05, 4.69) is 10.4 Å². The van der Waals surface area contributed by atoms with Crippen molar-refractivity contribution in [3.05, 3.63) is 46.3 Å². The van der Waals surface area contributed by atoms with Gasteiger partial charge in [0.05, 0.1) is 17.7 Å². The van der Waals surface area contributed by atoms with Crippen LogP contribution < -0.4 is 5.32 Å². The maximum Gasteiger partial charge on any atom is 0.336 e.